The van der Waals surface area contributed by atoms with Crippen LogP contribution in [-0.4, -0.2) is 51.9 Å². The largest absolute Gasteiger partial charge is 0.327 e. The number of hydrogen-bond acceptors (Lipinski definition) is 4. The Kier molecular flexibility index (Phi) is 5.70. The minimum Gasteiger partial charge on any atom is -0.327 e. The number of carbonyl (C=O) groups is 1. The number of alkyl halides is 2. The minimum absolute atomic E-state index is 0.107. The van der Waals surface area contributed by atoms with Crippen molar-refractivity contribution in [3.63, 3.8) is 0 Å². The first-order valence-electron chi connectivity index (χ1n) is 8.37. The molecule has 3 rings (SSSR count). The van der Waals surface area contributed by atoms with Crippen molar-refractivity contribution in [3.05, 3.63) is 47.8 Å². The van der Waals surface area contributed by atoms with Gasteiger partial charge in [-0.1, -0.05) is 35.5 Å². The molecule has 1 aliphatic heterocycles. The maximum Gasteiger partial charge on any atom is 0.276 e. The fourth-order valence-electron chi connectivity index (χ4n) is 2.98. The van der Waals surface area contributed by atoms with Gasteiger partial charge in [-0.25, -0.2) is 13.5 Å². The van der Waals surface area contributed by atoms with Crippen molar-refractivity contribution < 1.29 is 13.6 Å². The van der Waals surface area contributed by atoms with E-state index in [1.807, 2.05) is 18.2 Å². The Labute approximate surface area is 144 Å². The van der Waals surface area contributed by atoms with Crippen LogP contribution in [0, 0.1) is 0 Å². The molecule has 1 fully saturated rings. The molecule has 0 aliphatic carbocycles. The minimum atomic E-state index is -2.60. The van der Waals surface area contributed by atoms with Crippen LogP contribution in [0.25, 0.3) is 0 Å². The second kappa shape index (κ2) is 8.15. The third-order valence-electron chi connectivity index (χ3n) is 4.27. The number of halogens is 2. The molecular weight excluding hydrogens is 328 g/mol. The zero-order valence-electron chi connectivity index (χ0n) is 13.8. The highest BCUT2D eigenvalue weighted by Gasteiger charge is 2.24. The number of nitrogens with one attached hydrogen (secondary N) is 1. The van der Waals surface area contributed by atoms with E-state index in [2.05, 4.69) is 15.6 Å². The summed E-state index contributed by atoms with van der Waals surface area (Å²) in [6, 6.07) is 9.26. The summed E-state index contributed by atoms with van der Waals surface area (Å²) in [4.78, 5) is 13.8. The van der Waals surface area contributed by atoms with E-state index in [1.54, 1.807) is 23.0 Å². The van der Waals surface area contributed by atoms with Crippen molar-refractivity contribution in [2.75, 3.05) is 19.6 Å². The normalized spacial score (nSPS) is 15.5. The monoisotopic (exact) mass is 349 g/mol. The number of piperidine rings is 1. The quantitative estimate of drug-likeness (QED) is 0.868. The summed E-state index contributed by atoms with van der Waals surface area (Å²) >= 11 is 0. The van der Waals surface area contributed by atoms with E-state index in [0.717, 1.165) is 36.4 Å². The van der Waals surface area contributed by atoms with Gasteiger partial charge in [-0.2, -0.15) is 0 Å². The van der Waals surface area contributed by atoms with Gasteiger partial charge in [0.1, 0.15) is 0 Å². The van der Waals surface area contributed by atoms with Gasteiger partial charge in [0.15, 0.2) is 5.69 Å². The first kappa shape index (κ1) is 17.5. The van der Waals surface area contributed by atoms with Crippen LogP contribution in [0.15, 0.2) is 36.5 Å². The summed E-state index contributed by atoms with van der Waals surface area (Å²) in [5, 5.41) is 11.2. The second-order valence-corrected chi connectivity index (χ2v) is 6.13. The van der Waals surface area contributed by atoms with Crippen LogP contribution >= 0.6 is 0 Å². The Hall–Kier alpha value is -2.35. The van der Waals surface area contributed by atoms with Gasteiger partial charge in [-0.3, -0.25) is 4.79 Å². The van der Waals surface area contributed by atoms with Crippen LogP contribution in [0.2, 0.25) is 0 Å². The van der Waals surface area contributed by atoms with Crippen molar-refractivity contribution in [1.29, 1.82) is 0 Å². The van der Waals surface area contributed by atoms with E-state index in [0.29, 0.717) is 0 Å². The second-order valence-electron chi connectivity index (χ2n) is 6.13. The molecule has 0 spiro atoms. The molecule has 0 atom stereocenters. The molecular formula is C17H21F2N5O. The highest BCUT2D eigenvalue weighted by atomic mass is 19.3. The maximum atomic E-state index is 12.9. The van der Waals surface area contributed by atoms with E-state index in [9.17, 15) is 13.6 Å². The summed E-state index contributed by atoms with van der Waals surface area (Å²) in [5.74, 6) is -0.524. The van der Waals surface area contributed by atoms with Crippen LogP contribution in [0.1, 0.15) is 34.9 Å². The molecule has 1 N–H and O–H groups in total. The first-order chi connectivity index (χ1) is 12.1. The molecule has 0 saturated carbocycles. The Bertz CT molecular complexity index is 685. The summed E-state index contributed by atoms with van der Waals surface area (Å²) in [7, 11) is 0. The van der Waals surface area contributed by atoms with E-state index < -0.39 is 18.9 Å². The number of nitrogens with zero attached hydrogens (tertiary/aromatic N) is 4. The van der Waals surface area contributed by atoms with Gasteiger partial charge in [-0.15, -0.1) is 5.10 Å². The number of rotatable bonds is 6. The predicted octanol–water partition coefficient (Wildman–Crippen LogP) is 2.11. The Morgan fingerprint density at radius 1 is 1.28 bits per heavy atom. The first-order valence-corrected chi connectivity index (χ1v) is 8.37. The van der Waals surface area contributed by atoms with Gasteiger partial charge >= 0.3 is 0 Å². The molecule has 134 valence electrons. The lowest BCUT2D eigenvalue weighted by molar-refractivity contribution is 0.0530. The van der Waals surface area contributed by atoms with Crippen LogP contribution in [-0.2, 0) is 6.54 Å². The summed E-state index contributed by atoms with van der Waals surface area (Å²) < 4.78 is 27.5. The van der Waals surface area contributed by atoms with E-state index >= 15 is 0 Å². The predicted molar refractivity (Wildman–Crippen MR) is 88.3 cm³/mol. The number of hydrogen-bond donors (Lipinski definition) is 1. The fraction of sp³-hybridized carbons (Fsp3) is 0.471. The van der Waals surface area contributed by atoms with Crippen molar-refractivity contribution in [2.24, 2.45) is 0 Å². The summed E-state index contributed by atoms with van der Waals surface area (Å²) in [6.45, 7) is 1.26. The average Bonchev–Trinajstić information content (AvgIpc) is 3.12. The van der Waals surface area contributed by atoms with E-state index in [1.165, 1.54) is 0 Å². The molecule has 2 heterocycles. The Balaban J connectivity index is 1.74. The van der Waals surface area contributed by atoms with Gasteiger partial charge < -0.3 is 10.2 Å². The van der Waals surface area contributed by atoms with Crippen molar-refractivity contribution in [2.45, 2.75) is 31.9 Å². The average molecular weight is 349 g/mol. The molecule has 0 radical (unpaired) electrons. The number of benzene rings is 1. The molecule has 1 amide bonds. The molecule has 1 saturated heterocycles. The molecule has 8 heteroatoms. The zero-order chi connectivity index (χ0) is 17.6. The Morgan fingerprint density at radius 3 is 2.68 bits per heavy atom. The molecule has 25 heavy (non-hydrogen) atoms. The molecule has 0 unspecified atom stereocenters. The van der Waals surface area contributed by atoms with Gasteiger partial charge in [0.2, 0.25) is 0 Å². The smallest absolute Gasteiger partial charge is 0.276 e. The van der Waals surface area contributed by atoms with Crippen LogP contribution in [0.5, 0.6) is 0 Å². The molecule has 1 aliphatic rings. The van der Waals surface area contributed by atoms with E-state index in [-0.39, 0.29) is 18.3 Å². The van der Waals surface area contributed by atoms with Crippen molar-refractivity contribution in [3.8, 4) is 0 Å². The molecule has 2 aromatic rings. The van der Waals surface area contributed by atoms with Crippen LogP contribution in [0.4, 0.5) is 8.78 Å². The number of aromatic nitrogens is 3. The van der Waals surface area contributed by atoms with Crippen molar-refractivity contribution >= 4 is 5.91 Å². The lowest BCUT2D eigenvalue weighted by atomic mass is 10.1. The molecule has 0 bridgehead atoms. The van der Waals surface area contributed by atoms with Gasteiger partial charge in [0.25, 0.3) is 12.3 Å². The highest BCUT2D eigenvalue weighted by molar-refractivity contribution is 5.91. The SMILES string of the molecule is O=C(c1cn(C2CCNCC2)nn1)N(Cc1ccccc1)CC(F)F. The standard InChI is InChI=1S/C17H21F2N5O/c18-16(19)12-23(10-13-4-2-1-3-5-13)17(25)15-11-24(22-21-15)14-6-8-20-9-7-14/h1-5,11,14,16,20H,6-10,12H2. The Morgan fingerprint density at radius 2 is 2.00 bits per heavy atom. The number of carbonyl (C=O) groups excluding carboxylic acids is 1. The zero-order valence-corrected chi connectivity index (χ0v) is 13.8. The topological polar surface area (TPSA) is 63.1 Å². The molecule has 1 aromatic heterocycles. The maximum absolute atomic E-state index is 12.9. The summed E-state index contributed by atoms with van der Waals surface area (Å²) in [6.07, 6.45) is 0.776. The van der Waals surface area contributed by atoms with Gasteiger partial charge in [0.05, 0.1) is 18.8 Å². The fourth-order valence-corrected chi connectivity index (χ4v) is 2.98. The highest BCUT2D eigenvalue weighted by Crippen LogP contribution is 2.18. The van der Waals surface area contributed by atoms with Crippen molar-refractivity contribution in [1.82, 2.24) is 25.2 Å². The van der Waals surface area contributed by atoms with Crippen LogP contribution < -0.4 is 5.32 Å². The summed E-state index contributed by atoms with van der Waals surface area (Å²) in [5.41, 5.74) is 0.900. The van der Waals surface area contributed by atoms with Gasteiger partial charge in [0, 0.05) is 6.54 Å². The van der Waals surface area contributed by atoms with Crippen LogP contribution in [0.3, 0.4) is 0 Å². The lowest BCUT2D eigenvalue weighted by Crippen LogP contribution is -2.35. The van der Waals surface area contributed by atoms with E-state index in [4.69, 9.17) is 0 Å². The number of amides is 1. The molecule has 1 aromatic carbocycles. The van der Waals surface area contributed by atoms with Gasteiger partial charge in [-0.05, 0) is 31.5 Å². The molecule has 6 nitrogen and oxygen atoms in total. The lowest BCUT2D eigenvalue weighted by Gasteiger charge is -2.22. The third-order valence-corrected chi connectivity index (χ3v) is 4.27. The third kappa shape index (κ3) is 4.60.